The molecule has 0 atom stereocenters. The van der Waals surface area contributed by atoms with E-state index in [1.165, 1.54) is 48.5 Å². The number of carbonyl (C=O) groups excluding carboxylic acids is 2. The number of aromatic hydroxyl groups is 4. The zero-order chi connectivity index (χ0) is 44.7. The van der Waals surface area contributed by atoms with Crippen molar-refractivity contribution in [2.45, 2.75) is 11.2 Å². The Morgan fingerprint density at radius 1 is 0.500 bits per heavy atom. The van der Waals surface area contributed by atoms with Crippen LogP contribution in [0.3, 0.4) is 0 Å². The Morgan fingerprint density at radius 3 is 1.12 bits per heavy atom. The SMILES string of the molecule is NC(=S)N(CCSSCCN(C(N)=S)c1ccc2c(c1)C(=O)OC21c2ccc(O)cc2Oc2cc(O)ccc21)c1ccc2c(c1)C(=O)OC21c2ccc(O)cc2Oc2cc(O)ccc21. The monoisotopic (exact) mass is 930 g/mol. The van der Waals surface area contributed by atoms with Crippen molar-refractivity contribution in [3.05, 3.63) is 154 Å². The number of phenolic OH excluding ortho intramolecular Hbond substituents is 4. The lowest BCUT2D eigenvalue weighted by Crippen LogP contribution is -2.37. The molecule has 0 saturated carbocycles. The van der Waals surface area contributed by atoms with Crippen molar-refractivity contribution in [2.75, 3.05) is 34.4 Å². The molecule has 6 aromatic carbocycles. The number of hydrogen-bond donors (Lipinski definition) is 6. The van der Waals surface area contributed by atoms with Gasteiger partial charge in [0.15, 0.2) is 21.4 Å². The fourth-order valence-electron chi connectivity index (χ4n) is 8.83. The topological polar surface area (TPSA) is 210 Å². The third-order valence-electron chi connectivity index (χ3n) is 11.5. The van der Waals surface area contributed by atoms with Gasteiger partial charge in [-0.1, -0.05) is 33.7 Å². The number of nitrogens with zero attached hydrogens (tertiary/aromatic N) is 2. The van der Waals surface area contributed by atoms with Crippen LogP contribution in [-0.4, -0.2) is 67.2 Å². The number of esters is 2. The number of rotatable bonds is 9. The fourth-order valence-corrected chi connectivity index (χ4v) is 11.1. The first-order chi connectivity index (χ1) is 30.8. The van der Waals surface area contributed by atoms with Gasteiger partial charge in [0.1, 0.15) is 46.0 Å². The maximum absolute atomic E-state index is 13.7. The van der Waals surface area contributed by atoms with Gasteiger partial charge in [0.2, 0.25) is 0 Å². The molecule has 2 spiro atoms. The van der Waals surface area contributed by atoms with Crippen molar-refractivity contribution in [2.24, 2.45) is 11.5 Å². The molecule has 0 aromatic heterocycles. The summed E-state index contributed by atoms with van der Waals surface area (Å²) < 4.78 is 24.6. The van der Waals surface area contributed by atoms with E-state index in [9.17, 15) is 30.0 Å². The summed E-state index contributed by atoms with van der Waals surface area (Å²) in [5.41, 5.74) is 14.6. The molecule has 4 heterocycles. The van der Waals surface area contributed by atoms with Crippen LogP contribution in [0.15, 0.2) is 109 Å². The molecule has 14 nitrogen and oxygen atoms in total. The average Bonchev–Trinajstić information content (AvgIpc) is 3.70. The Morgan fingerprint density at radius 2 is 0.812 bits per heavy atom. The van der Waals surface area contributed by atoms with Crippen LogP contribution in [0.5, 0.6) is 46.0 Å². The number of carbonyl (C=O) groups is 2. The molecule has 4 aliphatic heterocycles. The summed E-state index contributed by atoms with van der Waals surface area (Å²) in [6.45, 7) is 0.822. The van der Waals surface area contributed by atoms with Gasteiger partial charge in [-0.05, 0) is 97.2 Å². The minimum absolute atomic E-state index is 0.0380. The van der Waals surface area contributed by atoms with E-state index >= 15 is 0 Å². The van der Waals surface area contributed by atoms with E-state index in [1.807, 2.05) is 12.1 Å². The molecule has 0 fully saturated rings. The Kier molecular flexibility index (Phi) is 9.93. The van der Waals surface area contributed by atoms with Crippen molar-refractivity contribution in [1.29, 1.82) is 0 Å². The molecule has 4 aliphatic rings. The number of anilines is 2. The highest BCUT2D eigenvalue weighted by Crippen LogP contribution is 2.59. The van der Waals surface area contributed by atoms with Crippen molar-refractivity contribution >= 4 is 79.6 Å². The lowest BCUT2D eigenvalue weighted by Gasteiger charge is -2.36. The molecule has 0 radical (unpaired) electrons. The van der Waals surface area contributed by atoms with Gasteiger partial charge < -0.3 is 60.6 Å². The highest BCUT2D eigenvalue weighted by Gasteiger charge is 2.55. The molecule has 10 rings (SSSR count). The van der Waals surface area contributed by atoms with E-state index in [1.54, 1.807) is 79.9 Å². The lowest BCUT2D eigenvalue weighted by atomic mass is 9.77. The van der Waals surface area contributed by atoms with E-state index in [0.29, 0.717) is 80.5 Å². The predicted molar refractivity (Wildman–Crippen MR) is 249 cm³/mol. The normalized spacial score (nSPS) is 15.0. The first-order valence-corrected chi connectivity index (χ1v) is 22.9. The summed E-state index contributed by atoms with van der Waals surface area (Å²) in [6, 6.07) is 28.9. The first kappa shape index (κ1) is 41.2. The molecule has 0 aliphatic carbocycles. The predicted octanol–water partition coefficient (Wildman–Crippen LogP) is 7.83. The molecule has 0 unspecified atom stereocenters. The van der Waals surface area contributed by atoms with E-state index in [0.717, 1.165) is 0 Å². The lowest BCUT2D eigenvalue weighted by molar-refractivity contribution is 0.0214. The largest absolute Gasteiger partial charge is 0.508 e. The Bertz CT molecular complexity index is 2720. The van der Waals surface area contributed by atoms with Crippen LogP contribution in [-0.2, 0) is 20.7 Å². The van der Waals surface area contributed by atoms with E-state index in [-0.39, 0.29) is 56.2 Å². The van der Waals surface area contributed by atoms with E-state index in [2.05, 4.69) is 0 Å². The maximum atomic E-state index is 13.7. The Hall–Kier alpha value is -6.86. The molecule has 18 heteroatoms. The molecule has 0 saturated heterocycles. The summed E-state index contributed by atoms with van der Waals surface area (Å²) in [6.07, 6.45) is 0. The second kappa shape index (κ2) is 15.4. The molecule has 8 N–H and O–H groups in total. The third-order valence-corrected chi connectivity index (χ3v) is 14.4. The Labute approximate surface area is 383 Å². The number of phenols is 4. The molecule has 322 valence electrons. The second-order valence-corrected chi connectivity index (χ2v) is 18.7. The van der Waals surface area contributed by atoms with Crippen LogP contribution >= 0.6 is 46.0 Å². The van der Waals surface area contributed by atoms with Gasteiger partial charge in [0.05, 0.1) is 11.1 Å². The summed E-state index contributed by atoms with van der Waals surface area (Å²) >= 11 is 10.9. The second-order valence-electron chi connectivity index (χ2n) is 15.2. The molecule has 64 heavy (non-hydrogen) atoms. The summed E-state index contributed by atoms with van der Waals surface area (Å²) in [5, 5.41) is 41.2. The number of thiocarbonyl (C=S) groups is 2. The fraction of sp³-hybridized carbons (Fsp3) is 0.130. The van der Waals surface area contributed by atoms with E-state index < -0.39 is 23.1 Å². The van der Waals surface area contributed by atoms with Crippen LogP contribution in [0.4, 0.5) is 11.4 Å². The van der Waals surface area contributed by atoms with Crippen molar-refractivity contribution in [1.82, 2.24) is 0 Å². The third kappa shape index (κ3) is 6.46. The molecular weight excluding hydrogens is 897 g/mol. The standard InChI is InChI=1S/C46H34N4O10S4/c47-43(61)49(23-1-7-31-29(17-23)41(55)59-45(31)33-9-3-25(51)19-37(33)57-38-20-26(52)4-10-34(38)45)13-15-63-64-16-14-50(44(48)62)24-2-8-32-30(18-24)42(56)60-46(32)35-11-5-27(53)21-39(35)58-40-22-28(54)6-12-36(40)46/h1-12,17-22,51-54H,13-16H2,(H2,47,61)(H2,48,62). The minimum atomic E-state index is -1.40. The quantitative estimate of drug-likeness (QED) is 0.0353. The van der Waals surface area contributed by atoms with Gasteiger partial charge in [0, 0.05) is 93.6 Å². The van der Waals surface area contributed by atoms with Crippen molar-refractivity contribution in [3.8, 4) is 46.0 Å². The van der Waals surface area contributed by atoms with Crippen molar-refractivity contribution < 1.29 is 49.0 Å². The highest BCUT2D eigenvalue weighted by molar-refractivity contribution is 8.76. The smallest absolute Gasteiger partial charge is 0.340 e. The number of nitrogens with two attached hydrogens (primary N) is 2. The molecule has 0 bridgehead atoms. The summed E-state index contributed by atoms with van der Waals surface area (Å²) in [7, 11) is 3.16. The molecule has 6 aromatic rings. The minimum Gasteiger partial charge on any atom is -0.508 e. The van der Waals surface area contributed by atoms with Crippen molar-refractivity contribution in [3.63, 3.8) is 0 Å². The van der Waals surface area contributed by atoms with Gasteiger partial charge in [-0.3, -0.25) is 0 Å². The molecule has 0 amide bonds. The zero-order valence-corrected chi connectivity index (χ0v) is 36.4. The number of hydrogen-bond acceptors (Lipinski definition) is 14. The first-order valence-electron chi connectivity index (χ1n) is 19.6. The van der Waals surface area contributed by atoms with Crippen LogP contribution in [0.25, 0.3) is 0 Å². The average molecular weight is 931 g/mol. The van der Waals surface area contributed by atoms with Gasteiger partial charge in [-0.2, -0.15) is 0 Å². The van der Waals surface area contributed by atoms with Gasteiger partial charge in [0.25, 0.3) is 0 Å². The maximum Gasteiger partial charge on any atom is 0.340 e. The van der Waals surface area contributed by atoms with Crippen LogP contribution in [0.2, 0.25) is 0 Å². The Balaban J connectivity index is 0.834. The zero-order valence-electron chi connectivity index (χ0n) is 33.1. The van der Waals surface area contributed by atoms with Gasteiger partial charge >= 0.3 is 11.9 Å². The van der Waals surface area contributed by atoms with Crippen LogP contribution in [0, 0.1) is 0 Å². The van der Waals surface area contributed by atoms with Crippen LogP contribution < -0.4 is 30.7 Å². The van der Waals surface area contributed by atoms with Gasteiger partial charge in [-0.25, -0.2) is 9.59 Å². The number of fused-ring (bicyclic) bond motifs is 12. The van der Waals surface area contributed by atoms with E-state index in [4.69, 9.17) is 54.9 Å². The van der Waals surface area contributed by atoms with Gasteiger partial charge in [-0.15, -0.1) is 0 Å². The summed E-state index contributed by atoms with van der Waals surface area (Å²) in [5.74, 6) is 0.988. The number of ether oxygens (including phenoxy) is 4. The highest BCUT2D eigenvalue weighted by atomic mass is 33.1. The number of benzene rings is 6. The summed E-state index contributed by atoms with van der Waals surface area (Å²) in [4.78, 5) is 30.9. The molecular formula is C46H34N4O10S4. The van der Waals surface area contributed by atoms with Crippen LogP contribution in [0.1, 0.15) is 54.1 Å².